The lowest BCUT2D eigenvalue weighted by Crippen LogP contribution is -2.43. The van der Waals surface area contributed by atoms with Crippen LogP contribution in [0, 0.1) is 0 Å². The van der Waals surface area contributed by atoms with Gasteiger partial charge in [0.05, 0.1) is 0 Å². The molecule has 2 N–H and O–H groups in total. The Hall–Kier alpha value is -1.35. The Labute approximate surface area is 109 Å². The summed E-state index contributed by atoms with van der Waals surface area (Å²) in [6.07, 6.45) is 4.62. The standard InChI is InChI=1S/C15H22N2O/c1-12-8-4-3-7-11-17(12)15(18)14(16)13-9-5-2-6-10-13/h2,5-6,9-10,12,14H,3-4,7-8,11,16H2,1H3/t12?,14-/m1/s1. The second-order valence-electron chi connectivity index (χ2n) is 5.12. The van der Waals surface area contributed by atoms with Crippen LogP contribution in [0.25, 0.3) is 0 Å². The van der Waals surface area contributed by atoms with Crippen LogP contribution >= 0.6 is 0 Å². The molecular weight excluding hydrogens is 224 g/mol. The molecular formula is C15H22N2O. The van der Waals surface area contributed by atoms with Crippen LogP contribution in [0.3, 0.4) is 0 Å². The highest BCUT2D eigenvalue weighted by atomic mass is 16.2. The van der Waals surface area contributed by atoms with Gasteiger partial charge in [-0.1, -0.05) is 43.2 Å². The smallest absolute Gasteiger partial charge is 0.244 e. The van der Waals surface area contributed by atoms with Gasteiger partial charge in [0, 0.05) is 12.6 Å². The Morgan fingerprint density at radius 1 is 1.28 bits per heavy atom. The van der Waals surface area contributed by atoms with E-state index in [1.807, 2.05) is 35.2 Å². The minimum Gasteiger partial charge on any atom is -0.338 e. The van der Waals surface area contributed by atoms with Crippen molar-refractivity contribution in [3.05, 3.63) is 35.9 Å². The molecule has 0 aliphatic carbocycles. The first-order valence-corrected chi connectivity index (χ1v) is 6.81. The molecule has 0 radical (unpaired) electrons. The van der Waals surface area contributed by atoms with Crippen LogP contribution in [0.1, 0.15) is 44.2 Å². The molecule has 1 unspecified atom stereocenters. The van der Waals surface area contributed by atoms with Gasteiger partial charge in [0.1, 0.15) is 6.04 Å². The van der Waals surface area contributed by atoms with E-state index < -0.39 is 6.04 Å². The number of hydrogen-bond donors (Lipinski definition) is 1. The van der Waals surface area contributed by atoms with Crippen LogP contribution in [0.15, 0.2) is 30.3 Å². The number of hydrogen-bond acceptors (Lipinski definition) is 2. The first-order valence-electron chi connectivity index (χ1n) is 6.81. The summed E-state index contributed by atoms with van der Waals surface area (Å²) >= 11 is 0. The summed E-state index contributed by atoms with van der Waals surface area (Å²) in [5, 5.41) is 0. The minimum absolute atomic E-state index is 0.0654. The molecule has 2 rings (SSSR count). The van der Waals surface area contributed by atoms with Crippen molar-refractivity contribution >= 4 is 5.91 Å². The van der Waals surface area contributed by atoms with E-state index in [4.69, 9.17) is 5.73 Å². The zero-order valence-electron chi connectivity index (χ0n) is 11.0. The molecule has 1 aromatic rings. The maximum absolute atomic E-state index is 12.5. The zero-order chi connectivity index (χ0) is 13.0. The second-order valence-corrected chi connectivity index (χ2v) is 5.12. The van der Waals surface area contributed by atoms with Gasteiger partial charge in [-0.05, 0) is 25.3 Å². The largest absolute Gasteiger partial charge is 0.338 e. The van der Waals surface area contributed by atoms with Crippen LogP contribution in [-0.2, 0) is 4.79 Å². The number of carbonyl (C=O) groups is 1. The number of nitrogens with zero attached hydrogens (tertiary/aromatic N) is 1. The van der Waals surface area contributed by atoms with Crippen molar-refractivity contribution in [1.29, 1.82) is 0 Å². The second kappa shape index (κ2) is 6.01. The topological polar surface area (TPSA) is 46.3 Å². The fraction of sp³-hybridized carbons (Fsp3) is 0.533. The normalized spacial score (nSPS) is 22.3. The van der Waals surface area contributed by atoms with Crippen LogP contribution in [0.2, 0.25) is 0 Å². The maximum Gasteiger partial charge on any atom is 0.244 e. The van der Waals surface area contributed by atoms with Crippen LogP contribution in [0.4, 0.5) is 0 Å². The highest BCUT2D eigenvalue weighted by molar-refractivity contribution is 5.83. The van der Waals surface area contributed by atoms with Crippen LogP contribution in [-0.4, -0.2) is 23.4 Å². The Kier molecular flexibility index (Phi) is 4.37. The highest BCUT2D eigenvalue weighted by Gasteiger charge is 2.26. The summed E-state index contributed by atoms with van der Waals surface area (Å²) in [7, 11) is 0. The molecule has 1 aliphatic heterocycles. The van der Waals surface area contributed by atoms with E-state index in [1.54, 1.807) is 0 Å². The molecule has 0 aromatic heterocycles. The Balaban J connectivity index is 2.10. The van der Waals surface area contributed by atoms with Crippen molar-refractivity contribution in [3.63, 3.8) is 0 Å². The van der Waals surface area contributed by atoms with Gasteiger partial charge in [-0.25, -0.2) is 0 Å². The first-order chi connectivity index (χ1) is 8.70. The molecule has 0 spiro atoms. The van der Waals surface area contributed by atoms with Crippen molar-refractivity contribution in [2.24, 2.45) is 5.73 Å². The van der Waals surface area contributed by atoms with Gasteiger partial charge in [-0.3, -0.25) is 4.79 Å². The first kappa shape index (κ1) is 13.1. The lowest BCUT2D eigenvalue weighted by atomic mass is 10.1. The number of likely N-dealkylation sites (tertiary alicyclic amines) is 1. The van der Waals surface area contributed by atoms with E-state index in [-0.39, 0.29) is 5.91 Å². The number of benzene rings is 1. The predicted molar refractivity (Wildman–Crippen MR) is 73.0 cm³/mol. The molecule has 0 saturated carbocycles. The SMILES string of the molecule is CC1CCCCCN1C(=O)[C@H](N)c1ccccc1. The zero-order valence-corrected chi connectivity index (χ0v) is 11.0. The van der Waals surface area contributed by atoms with Crippen molar-refractivity contribution in [2.45, 2.75) is 44.7 Å². The van der Waals surface area contributed by atoms with E-state index in [9.17, 15) is 4.79 Å². The molecule has 0 bridgehead atoms. The number of carbonyl (C=O) groups excluding carboxylic acids is 1. The third kappa shape index (κ3) is 2.91. The van der Waals surface area contributed by atoms with E-state index in [2.05, 4.69) is 6.92 Å². The molecule has 1 amide bonds. The van der Waals surface area contributed by atoms with Crippen molar-refractivity contribution in [1.82, 2.24) is 4.90 Å². The lowest BCUT2D eigenvalue weighted by Gasteiger charge is -2.29. The summed E-state index contributed by atoms with van der Waals surface area (Å²) in [5.41, 5.74) is 6.99. The van der Waals surface area contributed by atoms with E-state index in [0.29, 0.717) is 6.04 Å². The van der Waals surface area contributed by atoms with Gasteiger partial charge in [0.2, 0.25) is 5.91 Å². The third-order valence-electron chi connectivity index (χ3n) is 3.76. The molecule has 1 heterocycles. The van der Waals surface area contributed by atoms with Gasteiger partial charge in [-0.2, -0.15) is 0 Å². The summed E-state index contributed by atoms with van der Waals surface area (Å²) in [5.74, 6) is 0.0654. The predicted octanol–water partition coefficient (Wildman–Crippen LogP) is 2.48. The maximum atomic E-state index is 12.5. The van der Waals surface area contributed by atoms with Crippen molar-refractivity contribution in [3.8, 4) is 0 Å². The molecule has 3 heteroatoms. The molecule has 3 nitrogen and oxygen atoms in total. The summed E-state index contributed by atoms with van der Waals surface area (Å²) in [4.78, 5) is 14.4. The summed E-state index contributed by atoms with van der Waals surface area (Å²) < 4.78 is 0. The summed E-state index contributed by atoms with van der Waals surface area (Å²) in [6, 6.07) is 9.43. The average molecular weight is 246 g/mol. The fourth-order valence-electron chi connectivity index (χ4n) is 2.58. The highest BCUT2D eigenvalue weighted by Crippen LogP contribution is 2.20. The lowest BCUT2D eigenvalue weighted by molar-refractivity contribution is -0.134. The number of nitrogens with two attached hydrogens (primary N) is 1. The molecule has 18 heavy (non-hydrogen) atoms. The Bertz CT molecular complexity index is 391. The molecule has 1 saturated heterocycles. The van der Waals surface area contributed by atoms with Crippen LogP contribution in [0.5, 0.6) is 0 Å². The van der Waals surface area contributed by atoms with Crippen molar-refractivity contribution in [2.75, 3.05) is 6.54 Å². The van der Waals surface area contributed by atoms with Gasteiger partial charge in [0.25, 0.3) is 0 Å². The molecule has 1 fully saturated rings. The third-order valence-corrected chi connectivity index (χ3v) is 3.76. The molecule has 2 atom stereocenters. The Morgan fingerprint density at radius 3 is 2.72 bits per heavy atom. The van der Waals surface area contributed by atoms with E-state index in [0.717, 1.165) is 24.9 Å². The van der Waals surface area contributed by atoms with Crippen molar-refractivity contribution < 1.29 is 4.79 Å². The van der Waals surface area contributed by atoms with Gasteiger partial charge in [-0.15, -0.1) is 0 Å². The van der Waals surface area contributed by atoms with Gasteiger partial charge in [0.15, 0.2) is 0 Å². The fourth-order valence-corrected chi connectivity index (χ4v) is 2.58. The van der Waals surface area contributed by atoms with Gasteiger partial charge < -0.3 is 10.6 Å². The summed E-state index contributed by atoms with van der Waals surface area (Å²) in [6.45, 7) is 2.97. The Morgan fingerprint density at radius 2 is 2.00 bits per heavy atom. The van der Waals surface area contributed by atoms with E-state index in [1.165, 1.54) is 12.8 Å². The number of rotatable bonds is 2. The van der Waals surface area contributed by atoms with Crippen LogP contribution < -0.4 is 5.73 Å². The average Bonchev–Trinajstić information content (AvgIpc) is 2.63. The molecule has 1 aliphatic rings. The molecule has 98 valence electrons. The van der Waals surface area contributed by atoms with Gasteiger partial charge >= 0.3 is 0 Å². The minimum atomic E-state index is -0.522. The monoisotopic (exact) mass is 246 g/mol. The quantitative estimate of drug-likeness (QED) is 0.871. The number of amides is 1. The molecule has 1 aromatic carbocycles. The van der Waals surface area contributed by atoms with E-state index >= 15 is 0 Å².